The van der Waals surface area contributed by atoms with Crippen molar-refractivity contribution in [2.75, 3.05) is 23.7 Å². The highest BCUT2D eigenvalue weighted by molar-refractivity contribution is 9.10. The Morgan fingerprint density at radius 1 is 1.16 bits per heavy atom. The number of benzene rings is 1. The summed E-state index contributed by atoms with van der Waals surface area (Å²) in [6.07, 6.45) is 0. The van der Waals surface area contributed by atoms with Gasteiger partial charge in [0.15, 0.2) is 0 Å². The first kappa shape index (κ1) is 13.8. The molecule has 0 atom stereocenters. The highest BCUT2D eigenvalue weighted by Gasteiger charge is 2.02. The number of hydrogen-bond acceptors (Lipinski definition) is 5. The van der Waals surface area contributed by atoms with E-state index >= 15 is 0 Å². The molecule has 4 N–H and O–H groups in total. The van der Waals surface area contributed by atoms with Gasteiger partial charge in [0.2, 0.25) is 0 Å². The summed E-state index contributed by atoms with van der Waals surface area (Å²) in [6, 6.07) is 9.78. The van der Waals surface area contributed by atoms with Crippen LogP contribution in [-0.4, -0.2) is 23.1 Å². The van der Waals surface area contributed by atoms with Crippen LogP contribution >= 0.6 is 15.9 Å². The van der Waals surface area contributed by atoms with E-state index in [1.54, 1.807) is 0 Å². The van der Waals surface area contributed by atoms with Crippen LogP contribution in [0.3, 0.4) is 0 Å². The lowest BCUT2D eigenvalue weighted by atomic mass is 10.3. The fraction of sp³-hybridized carbons (Fsp3) is 0.231. The van der Waals surface area contributed by atoms with Gasteiger partial charge in [-0.05, 0) is 31.2 Å². The molecule has 0 radical (unpaired) electrons. The number of nitrogens with zero attached hydrogens (tertiary/aromatic N) is 2. The van der Waals surface area contributed by atoms with Gasteiger partial charge in [-0.15, -0.1) is 0 Å². The van der Waals surface area contributed by atoms with Gasteiger partial charge in [0, 0.05) is 29.3 Å². The second kappa shape index (κ2) is 6.49. The highest BCUT2D eigenvalue weighted by atomic mass is 79.9. The molecule has 0 unspecified atom stereocenters. The van der Waals surface area contributed by atoms with Gasteiger partial charge < -0.3 is 16.4 Å². The topological polar surface area (TPSA) is 75.9 Å². The Morgan fingerprint density at radius 3 is 2.53 bits per heavy atom. The summed E-state index contributed by atoms with van der Waals surface area (Å²) in [5, 5.41) is 6.39. The average Bonchev–Trinajstić information content (AvgIpc) is 2.38. The standard InChI is InChI=1S/C13H16BrN5/c1-9-17-12(16-7-6-15)8-13(18-9)19-11-4-2-10(14)3-5-11/h2-5,8H,6-7,15H2,1H3,(H2,16,17,18,19). The summed E-state index contributed by atoms with van der Waals surface area (Å²) >= 11 is 3.41. The fourth-order valence-corrected chi connectivity index (χ4v) is 1.87. The number of halogens is 1. The zero-order valence-corrected chi connectivity index (χ0v) is 12.2. The quantitative estimate of drug-likeness (QED) is 0.789. The molecule has 19 heavy (non-hydrogen) atoms. The molecule has 100 valence electrons. The minimum atomic E-state index is 0.568. The van der Waals surface area contributed by atoms with Crippen molar-refractivity contribution in [2.24, 2.45) is 5.73 Å². The van der Waals surface area contributed by atoms with E-state index < -0.39 is 0 Å². The first-order valence-corrected chi connectivity index (χ1v) is 6.79. The molecule has 1 aromatic carbocycles. The normalized spacial score (nSPS) is 10.3. The van der Waals surface area contributed by atoms with E-state index in [-0.39, 0.29) is 0 Å². The maximum absolute atomic E-state index is 5.46. The maximum atomic E-state index is 5.46. The molecule has 2 aromatic rings. The molecule has 5 nitrogen and oxygen atoms in total. The Morgan fingerprint density at radius 2 is 1.84 bits per heavy atom. The first-order valence-electron chi connectivity index (χ1n) is 5.99. The number of aromatic nitrogens is 2. The molecule has 0 amide bonds. The van der Waals surface area contributed by atoms with Crippen LogP contribution in [0.15, 0.2) is 34.8 Å². The smallest absolute Gasteiger partial charge is 0.136 e. The van der Waals surface area contributed by atoms with Gasteiger partial charge in [-0.3, -0.25) is 0 Å². The van der Waals surface area contributed by atoms with Gasteiger partial charge in [0.25, 0.3) is 0 Å². The number of nitrogens with one attached hydrogen (secondary N) is 2. The summed E-state index contributed by atoms with van der Waals surface area (Å²) in [6.45, 7) is 3.12. The van der Waals surface area contributed by atoms with Crippen LogP contribution in [0.1, 0.15) is 5.82 Å². The van der Waals surface area contributed by atoms with Gasteiger partial charge in [-0.2, -0.15) is 0 Å². The van der Waals surface area contributed by atoms with E-state index in [1.165, 1.54) is 0 Å². The fourth-order valence-electron chi connectivity index (χ4n) is 1.60. The third-order valence-corrected chi connectivity index (χ3v) is 2.93. The van der Waals surface area contributed by atoms with Crippen LogP contribution in [0.2, 0.25) is 0 Å². The summed E-state index contributed by atoms with van der Waals surface area (Å²) in [4.78, 5) is 8.66. The van der Waals surface area contributed by atoms with Crippen LogP contribution < -0.4 is 16.4 Å². The molecule has 0 aliphatic heterocycles. The maximum Gasteiger partial charge on any atom is 0.136 e. The first-order chi connectivity index (χ1) is 9.17. The van der Waals surface area contributed by atoms with Crippen molar-refractivity contribution in [1.29, 1.82) is 0 Å². The van der Waals surface area contributed by atoms with Gasteiger partial charge in [-0.1, -0.05) is 15.9 Å². The molecule has 0 aliphatic rings. The van der Waals surface area contributed by atoms with Gasteiger partial charge in [0.1, 0.15) is 17.5 Å². The van der Waals surface area contributed by atoms with Crippen molar-refractivity contribution >= 4 is 33.3 Å². The summed E-state index contributed by atoms with van der Waals surface area (Å²) < 4.78 is 1.04. The molecule has 6 heteroatoms. The second-order valence-electron chi connectivity index (χ2n) is 4.03. The Labute approximate surface area is 120 Å². The van der Waals surface area contributed by atoms with Crippen molar-refractivity contribution in [3.63, 3.8) is 0 Å². The molecule has 0 saturated heterocycles. The zero-order valence-electron chi connectivity index (χ0n) is 10.7. The van der Waals surface area contributed by atoms with Crippen molar-refractivity contribution in [3.8, 4) is 0 Å². The van der Waals surface area contributed by atoms with Crippen molar-refractivity contribution in [2.45, 2.75) is 6.92 Å². The highest BCUT2D eigenvalue weighted by Crippen LogP contribution is 2.19. The molecule has 0 aliphatic carbocycles. The molecular weight excluding hydrogens is 306 g/mol. The molecule has 0 fully saturated rings. The minimum absolute atomic E-state index is 0.568. The molecule has 0 saturated carbocycles. The predicted molar refractivity (Wildman–Crippen MR) is 81.7 cm³/mol. The van der Waals surface area contributed by atoms with Crippen LogP contribution in [0.5, 0.6) is 0 Å². The Bertz CT molecular complexity index is 541. The lowest BCUT2D eigenvalue weighted by molar-refractivity contribution is 0.987. The Kier molecular flexibility index (Phi) is 4.70. The van der Waals surface area contributed by atoms with E-state index in [0.717, 1.165) is 21.8 Å². The number of rotatable bonds is 5. The SMILES string of the molecule is Cc1nc(NCCN)cc(Nc2ccc(Br)cc2)n1. The van der Waals surface area contributed by atoms with Crippen LogP contribution in [-0.2, 0) is 0 Å². The summed E-state index contributed by atoms with van der Waals surface area (Å²) in [5.41, 5.74) is 6.44. The van der Waals surface area contributed by atoms with Crippen LogP contribution in [0.4, 0.5) is 17.3 Å². The number of nitrogens with two attached hydrogens (primary N) is 1. The summed E-state index contributed by atoms with van der Waals surface area (Å²) in [7, 11) is 0. The van der Waals surface area contributed by atoms with E-state index in [0.29, 0.717) is 18.9 Å². The van der Waals surface area contributed by atoms with Crippen LogP contribution in [0.25, 0.3) is 0 Å². The predicted octanol–water partition coefficient (Wildman–Crippen LogP) is 2.66. The lowest BCUT2D eigenvalue weighted by Gasteiger charge is -2.09. The third kappa shape index (κ3) is 4.18. The van der Waals surface area contributed by atoms with Crippen LogP contribution in [0, 0.1) is 6.92 Å². The number of aryl methyl sites for hydroxylation is 1. The van der Waals surface area contributed by atoms with E-state index in [1.807, 2.05) is 37.3 Å². The van der Waals surface area contributed by atoms with Gasteiger partial charge in [0.05, 0.1) is 0 Å². The lowest BCUT2D eigenvalue weighted by Crippen LogP contribution is -2.14. The van der Waals surface area contributed by atoms with Crippen molar-refractivity contribution in [1.82, 2.24) is 9.97 Å². The monoisotopic (exact) mass is 321 g/mol. The largest absolute Gasteiger partial charge is 0.369 e. The van der Waals surface area contributed by atoms with Gasteiger partial charge >= 0.3 is 0 Å². The Hall–Kier alpha value is -1.66. The third-order valence-electron chi connectivity index (χ3n) is 2.41. The zero-order chi connectivity index (χ0) is 13.7. The van der Waals surface area contributed by atoms with E-state index in [4.69, 9.17) is 5.73 Å². The molecule has 0 bridgehead atoms. The van der Waals surface area contributed by atoms with Gasteiger partial charge in [-0.25, -0.2) is 9.97 Å². The molecule has 1 aromatic heterocycles. The molecule has 2 rings (SSSR count). The van der Waals surface area contributed by atoms with Crippen molar-refractivity contribution < 1.29 is 0 Å². The van der Waals surface area contributed by atoms with Crippen molar-refractivity contribution in [3.05, 3.63) is 40.6 Å². The second-order valence-corrected chi connectivity index (χ2v) is 4.95. The van der Waals surface area contributed by atoms with E-state index in [9.17, 15) is 0 Å². The minimum Gasteiger partial charge on any atom is -0.369 e. The number of anilines is 3. The number of hydrogen-bond donors (Lipinski definition) is 3. The molecular formula is C13H16BrN5. The Balaban J connectivity index is 2.15. The summed E-state index contributed by atoms with van der Waals surface area (Å²) in [5.74, 6) is 2.24. The average molecular weight is 322 g/mol. The molecule has 1 heterocycles. The van der Waals surface area contributed by atoms with E-state index in [2.05, 4.69) is 36.5 Å². The molecule has 0 spiro atoms.